The van der Waals surface area contributed by atoms with Crippen molar-refractivity contribution in [3.63, 3.8) is 0 Å². The van der Waals surface area contributed by atoms with Crippen LogP contribution in [0.5, 0.6) is 0 Å². The molecule has 2 amide bonds. The summed E-state index contributed by atoms with van der Waals surface area (Å²) in [5.74, 6) is -1.94. The number of amides is 2. The van der Waals surface area contributed by atoms with E-state index < -0.39 is 18.6 Å². The molecule has 182 valence electrons. The molecule has 2 aromatic rings. The van der Waals surface area contributed by atoms with Crippen LogP contribution in [0.25, 0.3) is 10.8 Å². The quantitative estimate of drug-likeness (QED) is 0.597. The zero-order chi connectivity index (χ0) is 24.7. The average Bonchev–Trinajstić information content (AvgIpc) is 2.85. The Kier molecular flexibility index (Phi) is 8.62. The fraction of sp³-hybridized carbons (Fsp3) is 0.462. The summed E-state index contributed by atoms with van der Waals surface area (Å²) in [7, 11) is 1.35. The van der Waals surface area contributed by atoms with Gasteiger partial charge < -0.3 is 19.7 Å². The number of benzene rings is 2. The monoisotopic (exact) mass is 468 g/mol. The lowest BCUT2D eigenvalue weighted by Gasteiger charge is -2.30. The highest BCUT2D eigenvalue weighted by atomic mass is 16.5. The molecule has 1 atom stereocenters. The highest BCUT2D eigenvalue weighted by molar-refractivity contribution is 5.92. The molecular weight excluding hydrogens is 436 g/mol. The highest BCUT2D eigenvalue weighted by Gasteiger charge is 2.30. The number of carbonyl (C=O) groups excluding carboxylic acids is 4. The fourth-order valence-corrected chi connectivity index (χ4v) is 4.19. The Morgan fingerprint density at radius 3 is 2.38 bits per heavy atom. The van der Waals surface area contributed by atoms with Gasteiger partial charge in [0, 0.05) is 13.1 Å². The van der Waals surface area contributed by atoms with Crippen LogP contribution in [0.3, 0.4) is 0 Å². The Morgan fingerprint density at radius 1 is 1.03 bits per heavy atom. The van der Waals surface area contributed by atoms with E-state index in [1.54, 1.807) is 4.90 Å². The van der Waals surface area contributed by atoms with Crippen molar-refractivity contribution >= 4 is 34.5 Å². The minimum absolute atomic E-state index is 0.131. The van der Waals surface area contributed by atoms with Gasteiger partial charge in [-0.05, 0) is 35.1 Å². The number of rotatable bonds is 8. The zero-order valence-electron chi connectivity index (χ0n) is 19.9. The van der Waals surface area contributed by atoms with Crippen LogP contribution in [0.15, 0.2) is 42.5 Å². The lowest BCUT2D eigenvalue weighted by molar-refractivity contribution is -0.156. The van der Waals surface area contributed by atoms with Crippen LogP contribution in [-0.2, 0) is 35.1 Å². The van der Waals surface area contributed by atoms with Crippen LogP contribution in [0.4, 0.5) is 0 Å². The first-order valence-corrected chi connectivity index (χ1v) is 11.6. The molecule has 2 aromatic carbocycles. The third kappa shape index (κ3) is 6.34. The van der Waals surface area contributed by atoms with Crippen molar-refractivity contribution in [3.8, 4) is 0 Å². The zero-order valence-corrected chi connectivity index (χ0v) is 19.9. The van der Waals surface area contributed by atoms with E-state index in [2.05, 4.69) is 5.32 Å². The first kappa shape index (κ1) is 25.2. The summed E-state index contributed by atoms with van der Waals surface area (Å²) in [5.41, 5.74) is 0.872. The summed E-state index contributed by atoms with van der Waals surface area (Å²) in [5, 5.41) is 4.80. The Morgan fingerprint density at radius 2 is 1.71 bits per heavy atom. The molecule has 0 spiro atoms. The van der Waals surface area contributed by atoms with E-state index in [4.69, 9.17) is 9.47 Å². The Balaban J connectivity index is 1.52. The molecule has 0 bridgehead atoms. The SMILES string of the molecule is COC(=O)C1CCN(C(=O)COC(=O)[C@@H](NC(=O)Cc2cccc3ccccc23)C(C)C)CC1. The van der Waals surface area contributed by atoms with Gasteiger partial charge in [-0.1, -0.05) is 56.3 Å². The molecular formula is C26H32N2O6. The van der Waals surface area contributed by atoms with Gasteiger partial charge in [0.25, 0.3) is 5.91 Å². The van der Waals surface area contributed by atoms with Crippen molar-refractivity contribution in [2.75, 3.05) is 26.8 Å². The maximum absolute atomic E-state index is 12.7. The number of piperidine rings is 1. The Hall–Kier alpha value is -3.42. The van der Waals surface area contributed by atoms with Crippen LogP contribution in [0.2, 0.25) is 0 Å². The number of methoxy groups -OCH3 is 1. The van der Waals surface area contributed by atoms with Gasteiger partial charge in [-0.25, -0.2) is 4.79 Å². The maximum Gasteiger partial charge on any atom is 0.329 e. The van der Waals surface area contributed by atoms with Gasteiger partial charge in [-0.3, -0.25) is 14.4 Å². The number of ether oxygens (including phenoxy) is 2. The lowest BCUT2D eigenvalue weighted by Crippen LogP contribution is -2.47. The van der Waals surface area contributed by atoms with Crippen LogP contribution in [0.1, 0.15) is 32.3 Å². The van der Waals surface area contributed by atoms with Gasteiger partial charge in [0.2, 0.25) is 5.91 Å². The van der Waals surface area contributed by atoms with Crippen molar-refractivity contribution < 1.29 is 28.7 Å². The molecule has 8 heteroatoms. The summed E-state index contributed by atoms with van der Waals surface area (Å²) in [6.07, 6.45) is 1.17. The number of likely N-dealkylation sites (tertiary alicyclic amines) is 1. The highest BCUT2D eigenvalue weighted by Crippen LogP contribution is 2.20. The van der Waals surface area contributed by atoms with Gasteiger partial charge in [0.1, 0.15) is 6.04 Å². The molecule has 0 saturated carbocycles. The smallest absolute Gasteiger partial charge is 0.329 e. The standard InChI is InChI=1S/C26H32N2O6/c1-17(2)24(27-22(29)15-20-9-6-8-18-7-4-5-10-21(18)20)26(32)34-16-23(30)28-13-11-19(12-14-28)25(31)33-3/h4-10,17,19,24H,11-16H2,1-3H3,(H,27,29)/t24-/m0/s1. The fourth-order valence-electron chi connectivity index (χ4n) is 4.19. The molecule has 0 aromatic heterocycles. The number of hydrogen-bond acceptors (Lipinski definition) is 6. The summed E-state index contributed by atoms with van der Waals surface area (Å²) < 4.78 is 10.0. The normalized spacial score (nSPS) is 15.1. The van der Waals surface area contributed by atoms with Crippen molar-refractivity contribution in [2.45, 2.75) is 39.2 Å². The Labute approximate surface area is 199 Å². The first-order chi connectivity index (χ1) is 16.3. The molecule has 0 aliphatic carbocycles. The first-order valence-electron chi connectivity index (χ1n) is 11.6. The second-order valence-electron chi connectivity index (χ2n) is 8.89. The number of esters is 2. The number of fused-ring (bicyclic) bond motifs is 1. The largest absolute Gasteiger partial charge is 0.469 e. The van der Waals surface area contributed by atoms with Crippen molar-refractivity contribution in [1.29, 1.82) is 0 Å². The lowest BCUT2D eigenvalue weighted by atomic mass is 9.97. The second kappa shape index (κ2) is 11.6. The van der Waals surface area contributed by atoms with Gasteiger partial charge in [-0.15, -0.1) is 0 Å². The topological polar surface area (TPSA) is 102 Å². The van der Waals surface area contributed by atoms with E-state index in [0.29, 0.717) is 25.9 Å². The summed E-state index contributed by atoms with van der Waals surface area (Å²) in [4.78, 5) is 51.1. The van der Waals surface area contributed by atoms with Crippen molar-refractivity contribution in [2.24, 2.45) is 11.8 Å². The van der Waals surface area contributed by atoms with E-state index in [0.717, 1.165) is 16.3 Å². The minimum atomic E-state index is -0.861. The molecule has 8 nitrogen and oxygen atoms in total. The number of nitrogens with one attached hydrogen (secondary N) is 1. The molecule has 0 radical (unpaired) electrons. The molecule has 1 aliphatic heterocycles. The summed E-state index contributed by atoms with van der Waals surface area (Å²) in [6.45, 7) is 4.04. The van der Waals surface area contributed by atoms with Crippen LogP contribution >= 0.6 is 0 Å². The van der Waals surface area contributed by atoms with E-state index in [1.165, 1.54) is 7.11 Å². The number of nitrogens with zero attached hydrogens (tertiary/aromatic N) is 1. The molecule has 1 heterocycles. The molecule has 1 N–H and O–H groups in total. The predicted molar refractivity (Wildman–Crippen MR) is 127 cm³/mol. The predicted octanol–water partition coefficient (Wildman–Crippen LogP) is 2.48. The molecule has 3 rings (SSSR count). The van der Waals surface area contributed by atoms with Gasteiger partial charge >= 0.3 is 11.9 Å². The van der Waals surface area contributed by atoms with E-state index in [1.807, 2.05) is 56.3 Å². The Bertz CT molecular complexity index is 1040. The van der Waals surface area contributed by atoms with Crippen LogP contribution in [0, 0.1) is 11.8 Å². The average molecular weight is 469 g/mol. The van der Waals surface area contributed by atoms with E-state index in [-0.39, 0.29) is 36.0 Å². The van der Waals surface area contributed by atoms with E-state index >= 15 is 0 Å². The molecule has 34 heavy (non-hydrogen) atoms. The molecule has 0 unspecified atom stereocenters. The number of carbonyl (C=O) groups is 4. The van der Waals surface area contributed by atoms with E-state index in [9.17, 15) is 19.2 Å². The third-order valence-corrected chi connectivity index (χ3v) is 6.19. The molecule has 1 fully saturated rings. The molecule has 1 saturated heterocycles. The number of hydrogen-bond donors (Lipinski definition) is 1. The summed E-state index contributed by atoms with van der Waals surface area (Å²) >= 11 is 0. The second-order valence-corrected chi connectivity index (χ2v) is 8.89. The third-order valence-electron chi connectivity index (χ3n) is 6.19. The minimum Gasteiger partial charge on any atom is -0.469 e. The van der Waals surface area contributed by atoms with Gasteiger partial charge in [0.15, 0.2) is 6.61 Å². The molecule has 1 aliphatic rings. The van der Waals surface area contributed by atoms with Gasteiger partial charge in [0.05, 0.1) is 19.4 Å². The van der Waals surface area contributed by atoms with Crippen LogP contribution in [-0.4, -0.2) is 61.5 Å². The van der Waals surface area contributed by atoms with Crippen molar-refractivity contribution in [3.05, 3.63) is 48.0 Å². The summed E-state index contributed by atoms with van der Waals surface area (Å²) in [6, 6.07) is 12.7. The van der Waals surface area contributed by atoms with Gasteiger partial charge in [-0.2, -0.15) is 0 Å². The van der Waals surface area contributed by atoms with Crippen molar-refractivity contribution in [1.82, 2.24) is 10.2 Å². The maximum atomic E-state index is 12.7. The van der Waals surface area contributed by atoms with Crippen LogP contribution < -0.4 is 5.32 Å².